The van der Waals surface area contributed by atoms with Crippen LogP contribution < -0.4 is 16.4 Å². The van der Waals surface area contributed by atoms with Crippen LogP contribution in [-0.4, -0.2) is 37.4 Å². The second-order valence-electron chi connectivity index (χ2n) is 6.45. The van der Waals surface area contributed by atoms with E-state index in [1.54, 1.807) is 24.3 Å². The van der Waals surface area contributed by atoms with Crippen LogP contribution in [0.3, 0.4) is 0 Å². The molecule has 2 amide bonds. The minimum atomic E-state index is -0.341. The van der Waals surface area contributed by atoms with Gasteiger partial charge in [0.25, 0.3) is 0 Å². The number of carbonyl (C=O) groups is 2. The normalized spacial score (nSPS) is 11.8. The quantitative estimate of drug-likeness (QED) is 0.680. The van der Waals surface area contributed by atoms with Gasteiger partial charge in [0.1, 0.15) is 0 Å². The number of nitrogens with zero attached hydrogens (tertiary/aromatic N) is 1. The number of hydrogen-bond donors (Lipinski definition) is 3. The Labute approximate surface area is 154 Å². The predicted molar refractivity (Wildman–Crippen MR) is 105 cm³/mol. The second-order valence-corrected chi connectivity index (χ2v) is 6.45. The van der Waals surface area contributed by atoms with Gasteiger partial charge in [-0.2, -0.15) is 0 Å². The molecular formula is C20H26N4O2. The Bertz CT molecular complexity index is 714. The van der Waals surface area contributed by atoms with Crippen molar-refractivity contribution in [1.29, 1.82) is 0 Å². The number of hydrogen-bond acceptors (Lipinski definition) is 4. The molecule has 0 aliphatic heterocycles. The fraction of sp³-hybridized carbons (Fsp3) is 0.300. The average Bonchev–Trinajstić information content (AvgIpc) is 2.62. The summed E-state index contributed by atoms with van der Waals surface area (Å²) in [5, 5.41) is 5.66. The summed E-state index contributed by atoms with van der Waals surface area (Å²) in [6, 6.07) is 16.2. The summed E-state index contributed by atoms with van der Waals surface area (Å²) in [6.07, 6.45) is 0.635. The Kier molecular flexibility index (Phi) is 7.32. The molecule has 0 aliphatic carbocycles. The molecule has 6 nitrogen and oxygen atoms in total. The maximum Gasteiger partial charge on any atom is 0.226 e. The van der Waals surface area contributed by atoms with E-state index in [2.05, 4.69) is 10.6 Å². The first-order chi connectivity index (χ1) is 12.4. The molecule has 6 heteroatoms. The van der Waals surface area contributed by atoms with Crippen molar-refractivity contribution in [2.75, 3.05) is 31.3 Å². The number of nitrogens with two attached hydrogens (primary N) is 1. The molecule has 0 heterocycles. The van der Waals surface area contributed by atoms with Crippen molar-refractivity contribution in [1.82, 2.24) is 4.90 Å². The van der Waals surface area contributed by atoms with Crippen LogP contribution in [0.4, 0.5) is 11.4 Å². The fourth-order valence-electron chi connectivity index (χ4n) is 2.42. The summed E-state index contributed by atoms with van der Waals surface area (Å²) in [4.78, 5) is 25.9. The molecule has 0 saturated carbocycles. The molecule has 0 fully saturated rings. The van der Waals surface area contributed by atoms with Gasteiger partial charge in [-0.1, -0.05) is 30.3 Å². The Morgan fingerprint density at radius 1 is 0.923 bits per heavy atom. The van der Waals surface area contributed by atoms with Gasteiger partial charge in [0.2, 0.25) is 11.8 Å². The fourth-order valence-corrected chi connectivity index (χ4v) is 2.42. The molecular weight excluding hydrogens is 328 g/mol. The Balaban J connectivity index is 1.82. The minimum Gasteiger partial charge on any atom is -0.326 e. The summed E-state index contributed by atoms with van der Waals surface area (Å²) < 4.78 is 0. The third kappa shape index (κ3) is 6.66. The third-order valence-electron chi connectivity index (χ3n) is 3.87. The largest absolute Gasteiger partial charge is 0.326 e. The van der Waals surface area contributed by atoms with Crippen LogP contribution in [0.15, 0.2) is 54.6 Å². The van der Waals surface area contributed by atoms with Gasteiger partial charge in [0.05, 0.1) is 0 Å². The molecule has 0 bridgehead atoms. The predicted octanol–water partition coefficient (Wildman–Crippen LogP) is 2.61. The maximum atomic E-state index is 12.1. The Morgan fingerprint density at radius 2 is 1.46 bits per heavy atom. The molecule has 0 spiro atoms. The first kappa shape index (κ1) is 19.6. The van der Waals surface area contributed by atoms with Crippen molar-refractivity contribution < 1.29 is 9.59 Å². The van der Waals surface area contributed by atoms with E-state index >= 15 is 0 Å². The van der Waals surface area contributed by atoms with Crippen LogP contribution in [0.1, 0.15) is 24.4 Å². The average molecular weight is 354 g/mol. The molecule has 0 aromatic heterocycles. The Morgan fingerprint density at radius 3 is 2.00 bits per heavy atom. The summed E-state index contributed by atoms with van der Waals surface area (Å²) in [6.45, 7) is 0.696. The minimum absolute atomic E-state index is 0.0377. The number of rotatable bonds is 8. The molecule has 2 aromatic carbocycles. The van der Waals surface area contributed by atoms with Crippen LogP contribution >= 0.6 is 0 Å². The summed E-state index contributed by atoms with van der Waals surface area (Å²) in [5.74, 6) is -0.187. The monoisotopic (exact) mass is 354 g/mol. The van der Waals surface area contributed by atoms with Crippen molar-refractivity contribution in [3.63, 3.8) is 0 Å². The van der Waals surface area contributed by atoms with E-state index in [-0.39, 0.29) is 24.3 Å². The van der Waals surface area contributed by atoms with E-state index in [1.165, 1.54) is 0 Å². The van der Waals surface area contributed by atoms with E-state index in [4.69, 9.17) is 5.73 Å². The summed E-state index contributed by atoms with van der Waals surface area (Å²) in [7, 11) is 3.85. The van der Waals surface area contributed by atoms with E-state index in [0.717, 1.165) is 5.56 Å². The first-order valence-electron chi connectivity index (χ1n) is 8.59. The number of benzene rings is 2. The Hall–Kier alpha value is -2.70. The van der Waals surface area contributed by atoms with Gasteiger partial charge in [0, 0.05) is 36.8 Å². The highest BCUT2D eigenvalue weighted by Gasteiger charge is 2.11. The molecule has 2 aromatic rings. The van der Waals surface area contributed by atoms with Crippen molar-refractivity contribution in [3.05, 3.63) is 60.2 Å². The number of carbonyl (C=O) groups excluding carboxylic acids is 2. The molecule has 0 radical (unpaired) electrons. The summed E-state index contributed by atoms with van der Waals surface area (Å²) in [5.41, 5.74) is 8.37. The molecule has 4 N–H and O–H groups in total. The van der Waals surface area contributed by atoms with Gasteiger partial charge < -0.3 is 21.3 Å². The molecule has 138 valence electrons. The number of anilines is 2. The smallest absolute Gasteiger partial charge is 0.226 e. The van der Waals surface area contributed by atoms with E-state index in [0.29, 0.717) is 24.3 Å². The summed E-state index contributed by atoms with van der Waals surface area (Å²) >= 11 is 0. The van der Waals surface area contributed by atoms with Crippen LogP contribution in [0.25, 0.3) is 0 Å². The standard InChI is InChI=1S/C20H26N4O2/c1-24(2)13-12-19(25)22-16-8-10-17(11-9-16)23-20(26)14-18(21)15-6-4-3-5-7-15/h3-11,18H,12-14,21H2,1-2H3,(H,22,25)(H,23,26). The van der Waals surface area contributed by atoms with Crippen molar-refractivity contribution in [2.45, 2.75) is 18.9 Å². The first-order valence-corrected chi connectivity index (χ1v) is 8.59. The second kappa shape index (κ2) is 9.70. The van der Waals surface area contributed by atoms with Crippen molar-refractivity contribution >= 4 is 23.2 Å². The molecule has 2 rings (SSSR count). The molecule has 0 saturated heterocycles. The van der Waals surface area contributed by atoms with E-state index in [1.807, 2.05) is 49.3 Å². The lowest BCUT2D eigenvalue weighted by Crippen LogP contribution is -2.21. The van der Waals surface area contributed by atoms with Gasteiger partial charge in [-0.25, -0.2) is 0 Å². The number of amides is 2. The van der Waals surface area contributed by atoms with Crippen LogP contribution in [0, 0.1) is 0 Å². The van der Waals surface area contributed by atoms with Gasteiger partial charge in [-0.3, -0.25) is 9.59 Å². The zero-order valence-electron chi connectivity index (χ0n) is 15.2. The maximum absolute atomic E-state index is 12.1. The van der Waals surface area contributed by atoms with Crippen molar-refractivity contribution in [3.8, 4) is 0 Å². The molecule has 1 atom stereocenters. The van der Waals surface area contributed by atoms with Crippen molar-refractivity contribution in [2.24, 2.45) is 5.73 Å². The van der Waals surface area contributed by atoms with Gasteiger partial charge >= 0.3 is 0 Å². The highest BCUT2D eigenvalue weighted by atomic mass is 16.2. The van der Waals surface area contributed by atoms with Gasteiger partial charge in [-0.15, -0.1) is 0 Å². The van der Waals surface area contributed by atoms with E-state index < -0.39 is 0 Å². The van der Waals surface area contributed by atoms with Crippen LogP contribution in [0.2, 0.25) is 0 Å². The van der Waals surface area contributed by atoms with E-state index in [9.17, 15) is 9.59 Å². The molecule has 0 aliphatic rings. The highest BCUT2D eigenvalue weighted by molar-refractivity contribution is 5.93. The zero-order valence-corrected chi connectivity index (χ0v) is 15.2. The highest BCUT2D eigenvalue weighted by Crippen LogP contribution is 2.17. The molecule has 26 heavy (non-hydrogen) atoms. The van der Waals surface area contributed by atoms with Gasteiger partial charge in [0.15, 0.2) is 0 Å². The topological polar surface area (TPSA) is 87.5 Å². The third-order valence-corrected chi connectivity index (χ3v) is 3.87. The lowest BCUT2D eigenvalue weighted by molar-refractivity contribution is -0.117. The zero-order chi connectivity index (χ0) is 18.9. The number of nitrogens with one attached hydrogen (secondary N) is 2. The molecule has 1 unspecified atom stereocenters. The lowest BCUT2D eigenvalue weighted by atomic mass is 10.0. The van der Waals surface area contributed by atoms with Crippen LogP contribution in [0.5, 0.6) is 0 Å². The SMILES string of the molecule is CN(C)CCC(=O)Nc1ccc(NC(=O)CC(N)c2ccccc2)cc1. The van der Waals surface area contributed by atoms with Crippen LogP contribution in [-0.2, 0) is 9.59 Å². The lowest BCUT2D eigenvalue weighted by Gasteiger charge is -2.13. The van der Waals surface area contributed by atoms with Gasteiger partial charge in [-0.05, 0) is 43.9 Å².